The van der Waals surface area contributed by atoms with Gasteiger partial charge in [-0.15, -0.1) is 5.10 Å². The van der Waals surface area contributed by atoms with Crippen LogP contribution in [0.4, 0.5) is 0 Å². The number of benzene rings is 1. The Balaban J connectivity index is 1.68. The van der Waals surface area contributed by atoms with Gasteiger partial charge >= 0.3 is 6.01 Å². The van der Waals surface area contributed by atoms with Crippen LogP contribution in [0.5, 0.6) is 6.01 Å². The van der Waals surface area contributed by atoms with E-state index in [1.165, 1.54) is 12.7 Å². The van der Waals surface area contributed by atoms with Crippen molar-refractivity contribution in [2.24, 2.45) is 0 Å². The molecule has 21 heavy (non-hydrogen) atoms. The van der Waals surface area contributed by atoms with Gasteiger partial charge in [0.2, 0.25) is 0 Å². The van der Waals surface area contributed by atoms with E-state index in [9.17, 15) is 0 Å². The molecule has 0 unspecified atom stereocenters. The minimum absolute atomic E-state index is 0.343. The zero-order valence-electron chi connectivity index (χ0n) is 11.7. The van der Waals surface area contributed by atoms with Gasteiger partial charge in [-0.25, -0.2) is 9.97 Å². The maximum Gasteiger partial charge on any atom is 0.316 e. The standard InChI is InChI=1S/C15H15N5O/c1-21-15-16-9-13(10-17-15)14-11-20(19-18-14)8-7-12-5-3-2-4-6-12/h2-6,9-11H,7-8H2,1H3. The van der Waals surface area contributed by atoms with E-state index in [1.807, 2.05) is 29.1 Å². The summed E-state index contributed by atoms with van der Waals surface area (Å²) in [6.45, 7) is 0.786. The lowest BCUT2D eigenvalue weighted by atomic mass is 10.1. The maximum atomic E-state index is 4.93. The van der Waals surface area contributed by atoms with Gasteiger partial charge in [-0.05, 0) is 12.0 Å². The topological polar surface area (TPSA) is 65.7 Å². The van der Waals surface area contributed by atoms with Crippen LogP contribution in [0.3, 0.4) is 0 Å². The van der Waals surface area contributed by atoms with E-state index < -0.39 is 0 Å². The second-order valence-corrected chi connectivity index (χ2v) is 4.56. The molecule has 0 bridgehead atoms. The Hall–Kier alpha value is -2.76. The van der Waals surface area contributed by atoms with Crippen LogP contribution in [0.2, 0.25) is 0 Å². The van der Waals surface area contributed by atoms with Crippen LogP contribution < -0.4 is 4.74 Å². The van der Waals surface area contributed by atoms with Crippen LogP contribution in [-0.2, 0) is 13.0 Å². The zero-order valence-corrected chi connectivity index (χ0v) is 11.7. The normalized spacial score (nSPS) is 10.5. The first-order valence-corrected chi connectivity index (χ1v) is 6.65. The van der Waals surface area contributed by atoms with Gasteiger partial charge in [0.25, 0.3) is 0 Å². The third-order valence-corrected chi connectivity index (χ3v) is 3.12. The highest BCUT2D eigenvalue weighted by Gasteiger charge is 2.05. The number of aryl methyl sites for hydroxylation is 2. The van der Waals surface area contributed by atoms with Crippen LogP contribution >= 0.6 is 0 Å². The number of methoxy groups -OCH3 is 1. The second kappa shape index (κ2) is 6.13. The van der Waals surface area contributed by atoms with Gasteiger partial charge in [-0.3, -0.25) is 4.68 Å². The van der Waals surface area contributed by atoms with E-state index in [-0.39, 0.29) is 0 Å². The number of nitrogens with zero attached hydrogens (tertiary/aromatic N) is 5. The molecule has 1 aromatic carbocycles. The quantitative estimate of drug-likeness (QED) is 0.715. The molecule has 0 saturated carbocycles. The predicted octanol–water partition coefficient (Wildman–Crippen LogP) is 1.99. The summed E-state index contributed by atoms with van der Waals surface area (Å²) in [7, 11) is 1.54. The average Bonchev–Trinajstić information content (AvgIpc) is 3.03. The summed E-state index contributed by atoms with van der Waals surface area (Å²) in [5.74, 6) is 0. The number of rotatable bonds is 5. The largest absolute Gasteiger partial charge is 0.467 e. The van der Waals surface area contributed by atoms with Gasteiger partial charge in [0.05, 0.1) is 13.3 Å². The number of ether oxygens (including phenoxy) is 1. The minimum atomic E-state index is 0.343. The summed E-state index contributed by atoms with van der Waals surface area (Å²) in [5.41, 5.74) is 2.86. The molecule has 106 valence electrons. The first kappa shape index (κ1) is 13.2. The lowest BCUT2D eigenvalue weighted by molar-refractivity contribution is 0.380. The lowest BCUT2D eigenvalue weighted by Gasteiger charge is -2.00. The summed E-state index contributed by atoms with van der Waals surface area (Å²) in [5, 5.41) is 8.28. The van der Waals surface area contributed by atoms with Crippen LogP contribution in [-0.4, -0.2) is 32.1 Å². The maximum absolute atomic E-state index is 4.93. The van der Waals surface area contributed by atoms with E-state index in [2.05, 4.69) is 32.4 Å². The van der Waals surface area contributed by atoms with Gasteiger partial charge in [-0.1, -0.05) is 35.5 Å². The summed E-state index contributed by atoms with van der Waals surface area (Å²) >= 11 is 0. The van der Waals surface area contributed by atoms with Gasteiger partial charge in [0.1, 0.15) is 5.69 Å². The van der Waals surface area contributed by atoms with E-state index >= 15 is 0 Å². The first-order valence-electron chi connectivity index (χ1n) is 6.65. The molecule has 0 saturated heterocycles. The fraction of sp³-hybridized carbons (Fsp3) is 0.200. The van der Waals surface area contributed by atoms with Crippen molar-refractivity contribution >= 4 is 0 Å². The predicted molar refractivity (Wildman–Crippen MR) is 77.7 cm³/mol. The Morgan fingerprint density at radius 2 is 1.86 bits per heavy atom. The third kappa shape index (κ3) is 3.22. The molecule has 3 aromatic rings. The molecule has 0 fully saturated rings. The molecule has 0 N–H and O–H groups in total. The van der Waals surface area contributed by atoms with Gasteiger partial charge in [0, 0.05) is 24.5 Å². The Kier molecular flexibility index (Phi) is 3.86. The molecule has 0 amide bonds. The van der Waals surface area contributed by atoms with Crippen molar-refractivity contribution in [3.8, 4) is 17.3 Å². The summed E-state index contributed by atoms with van der Waals surface area (Å²) in [6, 6.07) is 10.6. The molecule has 2 aromatic heterocycles. The second-order valence-electron chi connectivity index (χ2n) is 4.56. The monoisotopic (exact) mass is 281 g/mol. The fourth-order valence-electron chi connectivity index (χ4n) is 1.98. The van der Waals surface area contributed by atoms with Crippen LogP contribution in [0.1, 0.15) is 5.56 Å². The summed E-state index contributed by atoms with van der Waals surface area (Å²) < 4.78 is 6.76. The number of hydrogen-bond acceptors (Lipinski definition) is 5. The Labute approximate surface area is 122 Å². The van der Waals surface area contributed by atoms with E-state index in [1.54, 1.807) is 12.4 Å². The Morgan fingerprint density at radius 3 is 2.57 bits per heavy atom. The molecule has 6 heteroatoms. The minimum Gasteiger partial charge on any atom is -0.467 e. The van der Waals surface area contributed by atoms with Crippen molar-refractivity contribution < 1.29 is 4.74 Å². The molecule has 3 rings (SSSR count). The van der Waals surface area contributed by atoms with E-state index in [0.717, 1.165) is 24.2 Å². The van der Waals surface area contributed by atoms with E-state index in [4.69, 9.17) is 4.74 Å². The van der Waals surface area contributed by atoms with Crippen molar-refractivity contribution in [2.75, 3.05) is 7.11 Å². The fourth-order valence-corrected chi connectivity index (χ4v) is 1.98. The van der Waals surface area contributed by atoms with Crippen molar-refractivity contribution in [3.05, 3.63) is 54.5 Å². The third-order valence-electron chi connectivity index (χ3n) is 3.12. The Bertz CT molecular complexity index is 694. The molecular weight excluding hydrogens is 266 g/mol. The smallest absolute Gasteiger partial charge is 0.316 e. The molecule has 6 nitrogen and oxygen atoms in total. The Morgan fingerprint density at radius 1 is 1.10 bits per heavy atom. The highest BCUT2D eigenvalue weighted by molar-refractivity contribution is 5.54. The molecule has 0 aliphatic carbocycles. The highest BCUT2D eigenvalue weighted by atomic mass is 16.5. The van der Waals surface area contributed by atoms with Gasteiger partial charge in [0.15, 0.2) is 0 Å². The molecular formula is C15H15N5O. The summed E-state index contributed by atoms with van der Waals surface area (Å²) in [6.07, 6.45) is 6.17. The van der Waals surface area contributed by atoms with Crippen molar-refractivity contribution in [2.45, 2.75) is 13.0 Å². The van der Waals surface area contributed by atoms with Gasteiger partial charge in [-0.2, -0.15) is 0 Å². The van der Waals surface area contributed by atoms with Crippen LogP contribution in [0.25, 0.3) is 11.3 Å². The zero-order chi connectivity index (χ0) is 14.5. The van der Waals surface area contributed by atoms with E-state index in [0.29, 0.717) is 6.01 Å². The SMILES string of the molecule is COc1ncc(-c2cn(CCc3ccccc3)nn2)cn1. The highest BCUT2D eigenvalue weighted by Crippen LogP contribution is 2.15. The van der Waals surface area contributed by atoms with Crippen molar-refractivity contribution in [3.63, 3.8) is 0 Å². The molecule has 2 heterocycles. The first-order chi connectivity index (χ1) is 10.3. The molecule has 0 spiro atoms. The number of aromatic nitrogens is 5. The average molecular weight is 281 g/mol. The number of hydrogen-bond donors (Lipinski definition) is 0. The van der Waals surface area contributed by atoms with Crippen molar-refractivity contribution in [1.29, 1.82) is 0 Å². The summed E-state index contributed by atoms with van der Waals surface area (Å²) in [4.78, 5) is 8.13. The molecule has 0 atom stereocenters. The molecule has 0 radical (unpaired) electrons. The molecule has 0 aliphatic rings. The van der Waals surface area contributed by atoms with Crippen LogP contribution in [0.15, 0.2) is 48.9 Å². The molecule has 0 aliphatic heterocycles. The van der Waals surface area contributed by atoms with Crippen molar-refractivity contribution in [1.82, 2.24) is 25.0 Å². The van der Waals surface area contributed by atoms with Gasteiger partial charge < -0.3 is 4.74 Å². The lowest BCUT2D eigenvalue weighted by Crippen LogP contribution is -2.01. The van der Waals surface area contributed by atoms with Crippen LogP contribution in [0, 0.1) is 0 Å².